The molecule has 0 aliphatic carbocycles. The molecule has 2 rings (SSSR count). The number of primary amides is 1. The van der Waals surface area contributed by atoms with Crippen LogP contribution >= 0.6 is 0 Å². The van der Waals surface area contributed by atoms with E-state index in [0.29, 0.717) is 5.56 Å². The third kappa shape index (κ3) is 6.08. The molecule has 2 aromatic rings. The number of nitrogens with one attached hydrogen (secondary N) is 1. The molecule has 2 aromatic carbocycles. The molecule has 0 aliphatic rings. The summed E-state index contributed by atoms with van der Waals surface area (Å²) in [5.74, 6) is -3.60. The van der Waals surface area contributed by atoms with Crippen LogP contribution in [0.2, 0.25) is 0 Å². The van der Waals surface area contributed by atoms with Gasteiger partial charge in [-0.3, -0.25) is 9.59 Å². The number of amides is 2. The Morgan fingerprint density at radius 2 is 1.77 bits per heavy atom. The van der Waals surface area contributed by atoms with Crippen molar-refractivity contribution >= 4 is 21.7 Å². The lowest BCUT2D eigenvalue weighted by molar-refractivity contribution is -0.129. The van der Waals surface area contributed by atoms with Crippen molar-refractivity contribution in [1.82, 2.24) is 5.32 Å². The van der Waals surface area contributed by atoms with Gasteiger partial charge < -0.3 is 11.1 Å². The molecule has 0 aromatic heterocycles. The standard InChI is InChI=1S/C21H21F2N3O4S/c1-21(2,20(28)26-15(11-24)10-19(25)27)12-31(29,30)16-6-3-13(4-7-16)17-8-5-14(22)9-18(17)23/h3-9,15H,10,12H2,1-2H3,(H2,25,27)(H,26,28)/t15-/m0/s1. The van der Waals surface area contributed by atoms with Gasteiger partial charge in [0.1, 0.15) is 17.7 Å². The number of hydrogen-bond donors (Lipinski definition) is 2. The summed E-state index contributed by atoms with van der Waals surface area (Å²) in [4.78, 5) is 23.4. The van der Waals surface area contributed by atoms with Gasteiger partial charge >= 0.3 is 0 Å². The van der Waals surface area contributed by atoms with Crippen LogP contribution in [0.25, 0.3) is 11.1 Å². The van der Waals surface area contributed by atoms with Crippen molar-refractivity contribution in [2.24, 2.45) is 11.1 Å². The Morgan fingerprint density at radius 1 is 1.16 bits per heavy atom. The van der Waals surface area contributed by atoms with E-state index in [9.17, 15) is 26.8 Å². The average Bonchev–Trinajstić information content (AvgIpc) is 2.66. The van der Waals surface area contributed by atoms with E-state index in [1.165, 1.54) is 44.2 Å². The molecule has 2 amide bonds. The summed E-state index contributed by atoms with van der Waals surface area (Å²) < 4.78 is 52.6. The number of benzene rings is 2. The fraction of sp³-hybridized carbons (Fsp3) is 0.286. The van der Waals surface area contributed by atoms with Gasteiger partial charge in [-0.05, 0) is 29.8 Å². The third-order valence-corrected chi connectivity index (χ3v) is 6.58. The molecule has 7 nitrogen and oxygen atoms in total. The van der Waals surface area contributed by atoms with Gasteiger partial charge in [0.25, 0.3) is 0 Å². The summed E-state index contributed by atoms with van der Waals surface area (Å²) in [5.41, 5.74) is 4.07. The summed E-state index contributed by atoms with van der Waals surface area (Å²) in [6.45, 7) is 2.78. The number of sulfone groups is 1. The minimum absolute atomic E-state index is 0.0892. The zero-order valence-corrected chi connectivity index (χ0v) is 17.7. The van der Waals surface area contributed by atoms with E-state index in [1.54, 1.807) is 6.07 Å². The number of hydrogen-bond acceptors (Lipinski definition) is 5. The van der Waals surface area contributed by atoms with E-state index in [4.69, 9.17) is 11.0 Å². The molecule has 0 saturated heterocycles. The molecule has 1 atom stereocenters. The van der Waals surface area contributed by atoms with E-state index in [0.717, 1.165) is 12.1 Å². The van der Waals surface area contributed by atoms with Crippen LogP contribution in [0.15, 0.2) is 47.4 Å². The molecule has 0 aliphatic heterocycles. The van der Waals surface area contributed by atoms with Crippen molar-refractivity contribution in [2.75, 3.05) is 5.75 Å². The molecule has 3 N–H and O–H groups in total. The van der Waals surface area contributed by atoms with Crippen LogP contribution in [0, 0.1) is 28.4 Å². The van der Waals surface area contributed by atoms with E-state index >= 15 is 0 Å². The molecule has 10 heteroatoms. The monoisotopic (exact) mass is 449 g/mol. The zero-order chi connectivity index (χ0) is 23.4. The zero-order valence-electron chi connectivity index (χ0n) is 16.9. The highest BCUT2D eigenvalue weighted by Gasteiger charge is 2.35. The third-order valence-electron chi connectivity index (χ3n) is 4.49. The summed E-state index contributed by atoms with van der Waals surface area (Å²) in [5, 5.41) is 11.3. The van der Waals surface area contributed by atoms with Gasteiger partial charge in [-0.25, -0.2) is 17.2 Å². The second kappa shape index (κ2) is 9.22. The van der Waals surface area contributed by atoms with Gasteiger partial charge in [-0.15, -0.1) is 0 Å². The fourth-order valence-corrected chi connectivity index (χ4v) is 4.67. The maximum Gasteiger partial charge on any atom is 0.227 e. The largest absolute Gasteiger partial charge is 0.370 e. The lowest BCUT2D eigenvalue weighted by Crippen LogP contribution is -2.46. The van der Waals surface area contributed by atoms with Gasteiger partial charge in [0.05, 0.1) is 28.6 Å². The highest BCUT2D eigenvalue weighted by molar-refractivity contribution is 7.91. The van der Waals surface area contributed by atoms with Gasteiger partial charge in [0.15, 0.2) is 9.84 Å². The quantitative estimate of drug-likeness (QED) is 0.639. The molecule has 31 heavy (non-hydrogen) atoms. The number of rotatable bonds is 8. The van der Waals surface area contributed by atoms with Crippen LogP contribution in [0.3, 0.4) is 0 Å². The maximum atomic E-state index is 13.9. The van der Waals surface area contributed by atoms with Crippen LogP contribution < -0.4 is 11.1 Å². The Balaban J connectivity index is 2.20. The molecule has 0 heterocycles. The molecule has 0 unspecified atom stereocenters. The Bertz CT molecular complexity index is 1140. The SMILES string of the molecule is CC(C)(CS(=O)(=O)c1ccc(-c2ccc(F)cc2F)cc1)C(=O)N[C@H](C#N)CC(N)=O. The molecular formula is C21H21F2N3O4S. The van der Waals surface area contributed by atoms with E-state index < -0.39 is 56.9 Å². The Kier molecular flexibility index (Phi) is 7.13. The fourth-order valence-electron chi connectivity index (χ4n) is 2.87. The van der Waals surface area contributed by atoms with E-state index in [1.807, 2.05) is 0 Å². The predicted molar refractivity (Wildman–Crippen MR) is 109 cm³/mol. The summed E-state index contributed by atoms with van der Waals surface area (Å²) >= 11 is 0. The van der Waals surface area contributed by atoms with Gasteiger partial charge in [0.2, 0.25) is 11.8 Å². The summed E-state index contributed by atoms with van der Waals surface area (Å²) in [6, 6.07) is 8.94. The van der Waals surface area contributed by atoms with E-state index in [-0.39, 0.29) is 10.5 Å². The highest BCUT2D eigenvalue weighted by atomic mass is 32.2. The average molecular weight is 449 g/mol. The molecular weight excluding hydrogens is 428 g/mol. The van der Waals surface area contributed by atoms with Crippen LogP contribution in [0.4, 0.5) is 8.78 Å². The van der Waals surface area contributed by atoms with Crippen molar-refractivity contribution in [3.63, 3.8) is 0 Å². The Hall–Kier alpha value is -3.32. The van der Waals surface area contributed by atoms with Crippen LogP contribution in [-0.2, 0) is 19.4 Å². The van der Waals surface area contributed by atoms with Crippen LogP contribution in [0.5, 0.6) is 0 Å². The summed E-state index contributed by atoms with van der Waals surface area (Å²) in [7, 11) is -3.93. The maximum absolute atomic E-state index is 13.9. The first kappa shape index (κ1) is 24.0. The van der Waals surface area contributed by atoms with E-state index in [2.05, 4.69) is 5.32 Å². The normalized spacial score (nSPS) is 12.6. The number of halogens is 2. The highest BCUT2D eigenvalue weighted by Crippen LogP contribution is 2.27. The smallest absolute Gasteiger partial charge is 0.227 e. The minimum Gasteiger partial charge on any atom is -0.370 e. The predicted octanol–water partition coefficient (Wildman–Crippen LogP) is 2.32. The topological polar surface area (TPSA) is 130 Å². The Morgan fingerprint density at radius 3 is 2.29 bits per heavy atom. The minimum atomic E-state index is -3.93. The molecule has 0 fully saturated rings. The first-order valence-electron chi connectivity index (χ1n) is 9.13. The number of nitrogens with zero attached hydrogens (tertiary/aromatic N) is 1. The molecule has 0 spiro atoms. The molecule has 0 radical (unpaired) electrons. The van der Waals surface area contributed by atoms with Crippen molar-refractivity contribution in [2.45, 2.75) is 31.2 Å². The molecule has 0 bridgehead atoms. The molecule has 0 saturated carbocycles. The number of nitriles is 1. The Labute approximate surface area is 178 Å². The second-order valence-electron chi connectivity index (χ2n) is 7.62. The number of carbonyl (C=O) groups excluding carboxylic acids is 2. The first-order valence-corrected chi connectivity index (χ1v) is 10.8. The lowest BCUT2D eigenvalue weighted by atomic mass is 9.94. The van der Waals surface area contributed by atoms with Crippen molar-refractivity contribution in [3.8, 4) is 17.2 Å². The molecule has 164 valence electrons. The van der Waals surface area contributed by atoms with Gasteiger partial charge in [0, 0.05) is 11.6 Å². The van der Waals surface area contributed by atoms with Gasteiger partial charge in [-0.1, -0.05) is 26.0 Å². The van der Waals surface area contributed by atoms with Crippen molar-refractivity contribution in [3.05, 3.63) is 54.1 Å². The van der Waals surface area contributed by atoms with Crippen LogP contribution in [0.1, 0.15) is 20.3 Å². The summed E-state index contributed by atoms with van der Waals surface area (Å²) in [6.07, 6.45) is -0.396. The number of nitrogens with two attached hydrogens (primary N) is 1. The van der Waals surface area contributed by atoms with Crippen LogP contribution in [-0.4, -0.2) is 32.0 Å². The van der Waals surface area contributed by atoms with Crippen molar-refractivity contribution in [1.29, 1.82) is 5.26 Å². The lowest BCUT2D eigenvalue weighted by Gasteiger charge is -2.24. The van der Waals surface area contributed by atoms with Gasteiger partial charge in [-0.2, -0.15) is 5.26 Å². The van der Waals surface area contributed by atoms with Crippen molar-refractivity contribution < 1.29 is 26.8 Å². The second-order valence-corrected chi connectivity index (χ2v) is 9.61. The number of carbonyl (C=O) groups is 2. The first-order chi connectivity index (χ1) is 14.4.